The molecule has 0 aliphatic rings. The van der Waals surface area contributed by atoms with Crippen molar-refractivity contribution < 1.29 is 18.7 Å². The third-order valence-corrected chi connectivity index (χ3v) is 2.67. The van der Waals surface area contributed by atoms with Gasteiger partial charge in [-0.1, -0.05) is 6.07 Å². The number of fused-ring (bicyclic) bond motifs is 1. The molecule has 0 radical (unpaired) electrons. The van der Waals surface area contributed by atoms with Crippen molar-refractivity contribution in [3.8, 4) is 11.8 Å². The molecule has 0 aliphatic carbocycles. The predicted molar refractivity (Wildman–Crippen MR) is 68.0 cm³/mol. The molecule has 0 saturated heterocycles. The summed E-state index contributed by atoms with van der Waals surface area (Å²) in [5.74, 6) is 0.197. The summed E-state index contributed by atoms with van der Waals surface area (Å²) in [4.78, 5) is 11.8. The van der Waals surface area contributed by atoms with Crippen molar-refractivity contribution in [2.45, 2.75) is 13.8 Å². The average molecular weight is 259 g/mol. The number of rotatable bonds is 4. The van der Waals surface area contributed by atoms with Crippen molar-refractivity contribution in [3.05, 3.63) is 29.5 Å². The van der Waals surface area contributed by atoms with Gasteiger partial charge in [-0.25, -0.2) is 4.79 Å². The lowest BCUT2D eigenvalue weighted by atomic mass is 10.1. The van der Waals surface area contributed by atoms with Crippen LogP contribution in [0.1, 0.15) is 23.0 Å². The van der Waals surface area contributed by atoms with Gasteiger partial charge in [-0.05, 0) is 26.0 Å². The maximum atomic E-state index is 11.8. The lowest BCUT2D eigenvalue weighted by Crippen LogP contribution is -2.04. The van der Waals surface area contributed by atoms with Crippen molar-refractivity contribution in [2.24, 2.45) is 0 Å². The molecule has 0 aliphatic heterocycles. The van der Waals surface area contributed by atoms with Gasteiger partial charge in [0.25, 0.3) is 0 Å². The Morgan fingerprint density at radius 3 is 2.95 bits per heavy atom. The fourth-order valence-corrected chi connectivity index (χ4v) is 1.89. The molecule has 5 heteroatoms. The smallest absolute Gasteiger partial charge is 0.374 e. The number of nitrogens with zero attached hydrogens (tertiary/aromatic N) is 1. The SMILES string of the molecule is CCOC(=O)c1oc2cccc(OCC#N)c2c1C. The van der Waals surface area contributed by atoms with Crippen LogP contribution in [0.5, 0.6) is 5.75 Å². The van der Waals surface area contributed by atoms with Crippen LogP contribution in [-0.2, 0) is 4.74 Å². The number of nitriles is 1. The molecule has 98 valence electrons. The molecule has 1 heterocycles. The molecule has 5 nitrogen and oxygen atoms in total. The van der Waals surface area contributed by atoms with Crippen molar-refractivity contribution >= 4 is 16.9 Å². The molecule has 2 aromatic rings. The van der Waals surface area contributed by atoms with Crippen LogP contribution in [0.25, 0.3) is 11.0 Å². The number of hydrogen-bond donors (Lipinski definition) is 0. The van der Waals surface area contributed by atoms with Crippen molar-refractivity contribution in [2.75, 3.05) is 13.2 Å². The Hall–Kier alpha value is -2.48. The second kappa shape index (κ2) is 5.44. The molecule has 0 saturated carbocycles. The van der Waals surface area contributed by atoms with E-state index in [2.05, 4.69) is 0 Å². The summed E-state index contributed by atoms with van der Waals surface area (Å²) in [7, 11) is 0. The second-order valence-corrected chi connectivity index (χ2v) is 3.85. The molecular weight excluding hydrogens is 246 g/mol. The average Bonchev–Trinajstić information content (AvgIpc) is 2.75. The fraction of sp³-hybridized carbons (Fsp3) is 0.286. The van der Waals surface area contributed by atoms with Crippen LogP contribution in [0.4, 0.5) is 0 Å². The molecule has 0 amide bonds. The van der Waals surface area contributed by atoms with Crippen LogP contribution in [0.2, 0.25) is 0 Å². The summed E-state index contributed by atoms with van der Waals surface area (Å²) < 4.78 is 15.8. The van der Waals surface area contributed by atoms with Crippen LogP contribution in [0, 0.1) is 18.3 Å². The Balaban J connectivity index is 2.51. The van der Waals surface area contributed by atoms with Crippen LogP contribution in [0.3, 0.4) is 0 Å². The fourth-order valence-electron chi connectivity index (χ4n) is 1.89. The Bertz CT molecular complexity index is 651. The van der Waals surface area contributed by atoms with E-state index in [0.29, 0.717) is 22.3 Å². The van der Waals surface area contributed by atoms with Gasteiger partial charge in [-0.15, -0.1) is 0 Å². The highest BCUT2D eigenvalue weighted by Gasteiger charge is 2.21. The van der Waals surface area contributed by atoms with E-state index < -0.39 is 5.97 Å². The van der Waals surface area contributed by atoms with E-state index in [1.54, 1.807) is 32.0 Å². The van der Waals surface area contributed by atoms with Gasteiger partial charge in [0.05, 0.1) is 12.0 Å². The maximum Gasteiger partial charge on any atom is 0.374 e. The van der Waals surface area contributed by atoms with E-state index in [9.17, 15) is 4.79 Å². The first-order valence-corrected chi connectivity index (χ1v) is 5.88. The number of aryl methyl sites for hydroxylation is 1. The number of benzene rings is 1. The van der Waals surface area contributed by atoms with E-state index in [0.717, 1.165) is 0 Å². The standard InChI is InChI=1S/C14H13NO4/c1-3-17-14(16)13-9(2)12-10(18-8-7-15)5-4-6-11(12)19-13/h4-6H,3,8H2,1-2H3. The number of carbonyl (C=O) groups is 1. The van der Waals surface area contributed by atoms with E-state index in [-0.39, 0.29) is 19.0 Å². The third kappa shape index (κ3) is 2.38. The Morgan fingerprint density at radius 1 is 1.47 bits per heavy atom. The first kappa shape index (κ1) is 13.0. The number of hydrogen-bond acceptors (Lipinski definition) is 5. The topological polar surface area (TPSA) is 72.5 Å². The maximum absolute atomic E-state index is 11.8. The Labute approximate surface area is 110 Å². The summed E-state index contributed by atoms with van der Waals surface area (Å²) >= 11 is 0. The Morgan fingerprint density at radius 2 is 2.26 bits per heavy atom. The van der Waals surface area contributed by atoms with Gasteiger partial charge in [0, 0.05) is 5.56 Å². The molecule has 2 rings (SSSR count). The highest BCUT2D eigenvalue weighted by molar-refractivity contribution is 5.98. The van der Waals surface area contributed by atoms with Crippen LogP contribution >= 0.6 is 0 Å². The molecule has 0 unspecified atom stereocenters. The van der Waals surface area contributed by atoms with Gasteiger partial charge in [-0.3, -0.25) is 0 Å². The number of ether oxygens (including phenoxy) is 2. The zero-order chi connectivity index (χ0) is 13.8. The van der Waals surface area contributed by atoms with Crippen LogP contribution < -0.4 is 4.74 Å². The van der Waals surface area contributed by atoms with Gasteiger partial charge in [0.15, 0.2) is 6.61 Å². The minimum Gasteiger partial charge on any atom is -0.478 e. The van der Waals surface area contributed by atoms with Crippen LogP contribution in [0.15, 0.2) is 22.6 Å². The largest absolute Gasteiger partial charge is 0.478 e. The highest BCUT2D eigenvalue weighted by Crippen LogP contribution is 2.33. The summed E-state index contributed by atoms with van der Waals surface area (Å²) in [5.41, 5.74) is 1.19. The summed E-state index contributed by atoms with van der Waals surface area (Å²) in [6.45, 7) is 3.72. The van der Waals surface area contributed by atoms with Gasteiger partial charge in [0.2, 0.25) is 5.76 Å². The number of carbonyl (C=O) groups excluding carboxylic acids is 1. The predicted octanol–water partition coefficient (Wildman–Crippen LogP) is 2.82. The lowest BCUT2D eigenvalue weighted by molar-refractivity contribution is 0.0491. The zero-order valence-corrected chi connectivity index (χ0v) is 10.7. The minimum absolute atomic E-state index is 0.0571. The molecular formula is C14H13NO4. The number of esters is 1. The third-order valence-electron chi connectivity index (χ3n) is 2.67. The van der Waals surface area contributed by atoms with E-state index in [4.69, 9.17) is 19.2 Å². The van der Waals surface area contributed by atoms with Crippen molar-refractivity contribution in [1.29, 1.82) is 5.26 Å². The molecule has 0 atom stereocenters. The number of furan rings is 1. The molecule has 0 bridgehead atoms. The highest BCUT2D eigenvalue weighted by atomic mass is 16.5. The monoisotopic (exact) mass is 259 g/mol. The van der Waals surface area contributed by atoms with Gasteiger partial charge in [-0.2, -0.15) is 5.26 Å². The summed E-state index contributed by atoms with van der Waals surface area (Å²) in [6.07, 6.45) is 0. The van der Waals surface area contributed by atoms with Gasteiger partial charge < -0.3 is 13.9 Å². The van der Waals surface area contributed by atoms with Gasteiger partial charge >= 0.3 is 5.97 Å². The molecule has 1 aromatic heterocycles. The molecule has 0 fully saturated rings. The van der Waals surface area contributed by atoms with E-state index >= 15 is 0 Å². The second-order valence-electron chi connectivity index (χ2n) is 3.85. The molecule has 1 aromatic carbocycles. The quantitative estimate of drug-likeness (QED) is 0.789. The lowest BCUT2D eigenvalue weighted by Gasteiger charge is -2.02. The Kier molecular flexibility index (Phi) is 3.71. The first-order valence-electron chi connectivity index (χ1n) is 5.88. The van der Waals surface area contributed by atoms with Crippen molar-refractivity contribution in [1.82, 2.24) is 0 Å². The van der Waals surface area contributed by atoms with E-state index in [1.807, 2.05) is 6.07 Å². The molecule has 0 spiro atoms. The summed E-state index contributed by atoms with van der Waals surface area (Å²) in [6, 6.07) is 7.12. The van der Waals surface area contributed by atoms with Crippen molar-refractivity contribution in [3.63, 3.8) is 0 Å². The van der Waals surface area contributed by atoms with Crippen LogP contribution in [-0.4, -0.2) is 19.2 Å². The molecule has 0 N–H and O–H groups in total. The zero-order valence-electron chi connectivity index (χ0n) is 10.7. The van der Waals surface area contributed by atoms with Gasteiger partial charge in [0.1, 0.15) is 17.4 Å². The minimum atomic E-state index is -0.498. The normalized spacial score (nSPS) is 10.2. The first-order chi connectivity index (χ1) is 9.19. The summed E-state index contributed by atoms with van der Waals surface area (Å²) in [5, 5.41) is 9.25. The molecule has 19 heavy (non-hydrogen) atoms. The van der Waals surface area contributed by atoms with E-state index in [1.165, 1.54) is 0 Å².